The average Bonchev–Trinajstić information content (AvgIpc) is 2.22. The Morgan fingerprint density at radius 1 is 1.07 bits per heavy atom. The molecule has 0 aliphatic heterocycles. The molecule has 0 radical (unpaired) electrons. The Labute approximate surface area is 92.7 Å². The van der Waals surface area contributed by atoms with Gasteiger partial charge in [-0.3, -0.25) is 4.98 Å². The van der Waals surface area contributed by atoms with Crippen molar-refractivity contribution in [3.05, 3.63) is 41.7 Å². The molecule has 15 heavy (non-hydrogen) atoms. The molecule has 1 aromatic heterocycles. The first kappa shape index (κ1) is 9.80. The molecule has 0 aliphatic carbocycles. The molecule has 0 amide bonds. The quantitative estimate of drug-likeness (QED) is 0.725. The number of nitrogens with zero attached hydrogens (tertiary/aromatic N) is 1. The summed E-state index contributed by atoms with van der Waals surface area (Å²) in [6.07, 6.45) is 3.28. The van der Waals surface area contributed by atoms with Crippen molar-refractivity contribution >= 4 is 23.0 Å². The minimum atomic E-state index is 0.578. The van der Waals surface area contributed by atoms with Gasteiger partial charge in [0, 0.05) is 34.9 Å². The Kier molecular flexibility index (Phi) is 2.47. The van der Waals surface area contributed by atoms with Gasteiger partial charge in [0.2, 0.25) is 0 Å². The molecule has 4 N–H and O–H groups in total. The summed E-state index contributed by atoms with van der Waals surface area (Å²) < 4.78 is 0. The number of anilines is 2. The van der Waals surface area contributed by atoms with Gasteiger partial charge in [-0.25, -0.2) is 0 Å². The number of halogens is 1. The van der Waals surface area contributed by atoms with Crippen LogP contribution in [0.2, 0.25) is 5.02 Å². The second-order valence-electron chi connectivity index (χ2n) is 3.24. The van der Waals surface area contributed by atoms with Crippen LogP contribution in [-0.4, -0.2) is 4.98 Å². The van der Waals surface area contributed by atoms with Crippen molar-refractivity contribution in [3.63, 3.8) is 0 Å². The molecule has 0 aliphatic rings. The lowest BCUT2D eigenvalue weighted by Crippen LogP contribution is -1.93. The number of hydrogen-bond acceptors (Lipinski definition) is 3. The minimum Gasteiger partial charge on any atom is -0.399 e. The zero-order chi connectivity index (χ0) is 10.8. The van der Waals surface area contributed by atoms with Gasteiger partial charge in [-0.15, -0.1) is 0 Å². The number of nitrogen functional groups attached to an aromatic ring is 2. The smallest absolute Gasteiger partial charge is 0.0595 e. The fourth-order valence-corrected chi connectivity index (χ4v) is 1.56. The number of nitrogens with two attached hydrogens (primary N) is 2. The fraction of sp³-hybridized carbons (Fsp3) is 0. The molecule has 0 unspecified atom stereocenters. The predicted octanol–water partition coefficient (Wildman–Crippen LogP) is 2.57. The zero-order valence-corrected chi connectivity index (χ0v) is 8.70. The lowest BCUT2D eigenvalue weighted by Gasteiger charge is -2.06. The molecule has 0 fully saturated rings. The summed E-state index contributed by atoms with van der Waals surface area (Å²) in [5.41, 5.74) is 14.6. The molecule has 0 spiro atoms. The standard InChI is InChI=1S/C11H10ClN3/c12-8-3-7(5-15-6-8)10-4-9(13)1-2-11(10)14/h1-6H,13-14H2. The van der Waals surface area contributed by atoms with Crippen LogP contribution in [0, 0.1) is 0 Å². The topological polar surface area (TPSA) is 64.9 Å². The van der Waals surface area contributed by atoms with Crippen molar-refractivity contribution in [3.8, 4) is 11.1 Å². The van der Waals surface area contributed by atoms with Crippen LogP contribution in [0.25, 0.3) is 11.1 Å². The summed E-state index contributed by atoms with van der Waals surface area (Å²) in [5, 5.41) is 0.578. The SMILES string of the molecule is Nc1ccc(N)c(-c2cncc(Cl)c2)c1. The van der Waals surface area contributed by atoms with Crippen LogP contribution < -0.4 is 11.5 Å². The minimum absolute atomic E-state index is 0.578. The van der Waals surface area contributed by atoms with Gasteiger partial charge in [0.15, 0.2) is 0 Å². The first-order valence-corrected chi connectivity index (χ1v) is 4.80. The summed E-state index contributed by atoms with van der Waals surface area (Å²) in [4.78, 5) is 4.00. The summed E-state index contributed by atoms with van der Waals surface area (Å²) in [7, 11) is 0. The molecule has 1 heterocycles. The van der Waals surface area contributed by atoms with Crippen molar-refractivity contribution in [1.29, 1.82) is 0 Å². The van der Waals surface area contributed by atoms with Crippen LogP contribution in [0.5, 0.6) is 0 Å². The second-order valence-corrected chi connectivity index (χ2v) is 3.67. The molecule has 0 atom stereocenters. The maximum atomic E-state index is 5.85. The van der Waals surface area contributed by atoms with Crippen LogP contribution >= 0.6 is 11.6 Å². The van der Waals surface area contributed by atoms with Gasteiger partial charge in [0.05, 0.1) is 5.02 Å². The van der Waals surface area contributed by atoms with Crippen molar-refractivity contribution < 1.29 is 0 Å². The van der Waals surface area contributed by atoms with Crippen LogP contribution in [0.15, 0.2) is 36.7 Å². The molecule has 0 saturated carbocycles. The highest BCUT2D eigenvalue weighted by molar-refractivity contribution is 6.30. The van der Waals surface area contributed by atoms with Crippen molar-refractivity contribution in [1.82, 2.24) is 4.98 Å². The maximum Gasteiger partial charge on any atom is 0.0595 e. The van der Waals surface area contributed by atoms with E-state index in [1.165, 1.54) is 0 Å². The zero-order valence-electron chi connectivity index (χ0n) is 7.94. The molecule has 76 valence electrons. The number of rotatable bonds is 1. The Hall–Kier alpha value is -1.74. The normalized spacial score (nSPS) is 10.2. The molecular weight excluding hydrogens is 210 g/mol. The Bertz CT molecular complexity index is 497. The third-order valence-corrected chi connectivity index (χ3v) is 2.30. The van der Waals surface area contributed by atoms with E-state index in [1.807, 2.05) is 6.07 Å². The van der Waals surface area contributed by atoms with Crippen LogP contribution in [0.4, 0.5) is 11.4 Å². The van der Waals surface area contributed by atoms with Crippen molar-refractivity contribution in [2.24, 2.45) is 0 Å². The monoisotopic (exact) mass is 219 g/mol. The van der Waals surface area contributed by atoms with Gasteiger partial charge >= 0.3 is 0 Å². The average molecular weight is 220 g/mol. The molecule has 3 nitrogen and oxygen atoms in total. The van der Waals surface area contributed by atoms with E-state index < -0.39 is 0 Å². The Morgan fingerprint density at radius 2 is 1.87 bits per heavy atom. The first-order valence-electron chi connectivity index (χ1n) is 4.43. The van der Waals surface area contributed by atoms with Gasteiger partial charge in [0.1, 0.15) is 0 Å². The van der Waals surface area contributed by atoms with Crippen LogP contribution in [0.1, 0.15) is 0 Å². The van der Waals surface area contributed by atoms with Crippen molar-refractivity contribution in [2.45, 2.75) is 0 Å². The lowest BCUT2D eigenvalue weighted by molar-refractivity contribution is 1.33. The van der Waals surface area contributed by atoms with E-state index in [-0.39, 0.29) is 0 Å². The molecular formula is C11H10ClN3. The predicted molar refractivity (Wildman–Crippen MR) is 63.5 cm³/mol. The number of aromatic nitrogens is 1. The molecule has 0 bridgehead atoms. The largest absolute Gasteiger partial charge is 0.399 e. The van der Waals surface area contributed by atoms with E-state index in [0.717, 1.165) is 11.1 Å². The third kappa shape index (κ3) is 2.02. The number of benzene rings is 1. The molecule has 4 heteroatoms. The second kappa shape index (κ2) is 3.79. The summed E-state index contributed by atoms with van der Waals surface area (Å²) >= 11 is 5.85. The Morgan fingerprint density at radius 3 is 2.60 bits per heavy atom. The molecule has 0 saturated heterocycles. The summed E-state index contributed by atoms with van der Waals surface area (Å²) in [6, 6.07) is 7.14. The molecule has 2 aromatic rings. The molecule has 1 aromatic carbocycles. The fourth-order valence-electron chi connectivity index (χ4n) is 1.38. The van der Waals surface area contributed by atoms with E-state index in [2.05, 4.69) is 4.98 Å². The van der Waals surface area contributed by atoms with E-state index >= 15 is 0 Å². The number of hydrogen-bond donors (Lipinski definition) is 2. The van der Waals surface area contributed by atoms with Crippen molar-refractivity contribution in [2.75, 3.05) is 11.5 Å². The summed E-state index contributed by atoms with van der Waals surface area (Å²) in [5.74, 6) is 0. The highest BCUT2D eigenvalue weighted by Crippen LogP contribution is 2.28. The number of pyridine rings is 1. The summed E-state index contributed by atoms with van der Waals surface area (Å²) in [6.45, 7) is 0. The van der Waals surface area contributed by atoms with Crippen LogP contribution in [-0.2, 0) is 0 Å². The Balaban J connectivity index is 2.58. The van der Waals surface area contributed by atoms with Gasteiger partial charge < -0.3 is 11.5 Å². The van der Waals surface area contributed by atoms with Gasteiger partial charge in [-0.2, -0.15) is 0 Å². The van der Waals surface area contributed by atoms with E-state index in [1.54, 1.807) is 30.6 Å². The van der Waals surface area contributed by atoms with Gasteiger partial charge in [-0.05, 0) is 24.3 Å². The van der Waals surface area contributed by atoms with Gasteiger partial charge in [0.25, 0.3) is 0 Å². The van der Waals surface area contributed by atoms with Crippen LogP contribution in [0.3, 0.4) is 0 Å². The maximum absolute atomic E-state index is 5.85. The highest BCUT2D eigenvalue weighted by Gasteiger charge is 2.03. The van der Waals surface area contributed by atoms with E-state index in [0.29, 0.717) is 16.4 Å². The van der Waals surface area contributed by atoms with E-state index in [9.17, 15) is 0 Å². The first-order chi connectivity index (χ1) is 7.16. The lowest BCUT2D eigenvalue weighted by atomic mass is 10.1. The molecule has 2 rings (SSSR count). The van der Waals surface area contributed by atoms with E-state index in [4.69, 9.17) is 23.1 Å². The highest BCUT2D eigenvalue weighted by atomic mass is 35.5. The third-order valence-electron chi connectivity index (χ3n) is 2.09. The van der Waals surface area contributed by atoms with Gasteiger partial charge in [-0.1, -0.05) is 11.6 Å².